The smallest absolute Gasteiger partial charge is 0.0569 e. The minimum atomic E-state index is 0.244. The van der Waals surface area contributed by atoms with Crippen LogP contribution in [0.4, 0.5) is 0 Å². The summed E-state index contributed by atoms with van der Waals surface area (Å²) in [5.41, 5.74) is 1.68. The number of hydrogen-bond donors (Lipinski definition) is 0. The van der Waals surface area contributed by atoms with Gasteiger partial charge in [-0.25, -0.2) is 0 Å². The lowest BCUT2D eigenvalue weighted by atomic mass is 9.83. The normalized spacial score (nSPS) is 31.5. The molecule has 0 fully saturated rings. The molecule has 0 spiro atoms. The van der Waals surface area contributed by atoms with Crippen molar-refractivity contribution in [3.63, 3.8) is 0 Å². The van der Waals surface area contributed by atoms with Gasteiger partial charge in [-0.2, -0.15) is 0 Å². The standard InChI is InChI=1S/C14H23N/c1-12-7-5-9-15-10-6-8-13(11-12)14(2,3)4/h6,8-9,11-12H,5,7,10H2,1-4H3/b8-6-,13-11+,15-9-. The number of aliphatic imine (C=N–C) groups is 1. The van der Waals surface area contributed by atoms with E-state index in [-0.39, 0.29) is 5.41 Å². The molecule has 0 aliphatic carbocycles. The average Bonchev–Trinajstić information content (AvgIpc) is 2.13. The van der Waals surface area contributed by atoms with Crippen molar-refractivity contribution in [2.75, 3.05) is 6.54 Å². The SMILES string of the molecule is CC1/C=C(C(C)(C)C)\C=C/C/N=C\CC1. The highest BCUT2D eigenvalue weighted by molar-refractivity contribution is 5.57. The van der Waals surface area contributed by atoms with Crippen LogP contribution in [-0.2, 0) is 0 Å². The van der Waals surface area contributed by atoms with Crippen LogP contribution >= 0.6 is 0 Å². The molecule has 0 saturated carbocycles. The van der Waals surface area contributed by atoms with Crippen molar-refractivity contribution in [3.8, 4) is 0 Å². The Labute approximate surface area is 94.0 Å². The summed E-state index contributed by atoms with van der Waals surface area (Å²) in [6.45, 7) is 9.91. The van der Waals surface area contributed by atoms with E-state index < -0.39 is 0 Å². The zero-order valence-corrected chi connectivity index (χ0v) is 10.5. The van der Waals surface area contributed by atoms with Crippen LogP contribution in [0, 0.1) is 11.3 Å². The maximum absolute atomic E-state index is 4.34. The second-order valence-corrected chi connectivity index (χ2v) is 5.38. The van der Waals surface area contributed by atoms with Gasteiger partial charge in [-0.15, -0.1) is 0 Å². The number of rotatable bonds is 0. The Morgan fingerprint density at radius 2 is 2.07 bits per heavy atom. The van der Waals surface area contributed by atoms with Crippen molar-refractivity contribution in [1.82, 2.24) is 0 Å². The quantitative estimate of drug-likeness (QED) is 0.566. The third-order valence-corrected chi connectivity index (χ3v) is 2.72. The molecule has 0 aromatic heterocycles. The van der Waals surface area contributed by atoms with Gasteiger partial charge in [0.15, 0.2) is 0 Å². The van der Waals surface area contributed by atoms with Gasteiger partial charge in [0.2, 0.25) is 0 Å². The second kappa shape index (κ2) is 5.29. The van der Waals surface area contributed by atoms with E-state index in [2.05, 4.69) is 57.1 Å². The first kappa shape index (κ1) is 12.2. The van der Waals surface area contributed by atoms with Gasteiger partial charge in [-0.05, 0) is 36.0 Å². The summed E-state index contributed by atoms with van der Waals surface area (Å²) < 4.78 is 0. The van der Waals surface area contributed by atoms with Crippen LogP contribution in [0.15, 0.2) is 28.8 Å². The van der Waals surface area contributed by atoms with Crippen molar-refractivity contribution in [2.45, 2.75) is 40.5 Å². The molecule has 0 bridgehead atoms. The van der Waals surface area contributed by atoms with E-state index in [9.17, 15) is 0 Å². The maximum Gasteiger partial charge on any atom is 0.0569 e. The monoisotopic (exact) mass is 205 g/mol. The maximum atomic E-state index is 4.34. The molecule has 1 aliphatic heterocycles. The van der Waals surface area contributed by atoms with Crippen LogP contribution in [0.25, 0.3) is 0 Å². The molecule has 0 N–H and O–H groups in total. The molecule has 1 nitrogen and oxygen atoms in total. The molecule has 1 aliphatic rings. The van der Waals surface area contributed by atoms with Gasteiger partial charge >= 0.3 is 0 Å². The van der Waals surface area contributed by atoms with Crippen LogP contribution in [0.2, 0.25) is 0 Å². The molecule has 15 heavy (non-hydrogen) atoms. The predicted molar refractivity (Wildman–Crippen MR) is 68.4 cm³/mol. The van der Waals surface area contributed by atoms with Crippen molar-refractivity contribution in [2.24, 2.45) is 16.3 Å². The van der Waals surface area contributed by atoms with E-state index in [0.717, 1.165) is 13.0 Å². The van der Waals surface area contributed by atoms with E-state index in [4.69, 9.17) is 0 Å². The summed E-state index contributed by atoms with van der Waals surface area (Å²) in [6.07, 6.45) is 11.2. The van der Waals surface area contributed by atoms with E-state index in [0.29, 0.717) is 5.92 Å². The summed E-state index contributed by atoms with van der Waals surface area (Å²) in [7, 11) is 0. The molecule has 1 atom stereocenters. The van der Waals surface area contributed by atoms with Crippen LogP contribution in [0.5, 0.6) is 0 Å². The third kappa shape index (κ3) is 4.46. The van der Waals surface area contributed by atoms with Crippen LogP contribution in [0.1, 0.15) is 40.5 Å². The minimum absolute atomic E-state index is 0.244. The topological polar surface area (TPSA) is 12.4 Å². The Balaban J connectivity index is 2.88. The molecule has 0 aromatic rings. The van der Waals surface area contributed by atoms with Crippen LogP contribution in [0.3, 0.4) is 0 Å². The number of nitrogens with zero attached hydrogens (tertiary/aromatic N) is 1. The van der Waals surface area contributed by atoms with Crippen molar-refractivity contribution in [3.05, 3.63) is 23.8 Å². The summed E-state index contributed by atoms with van der Waals surface area (Å²) in [5.74, 6) is 0.647. The number of allylic oxidation sites excluding steroid dienone is 3. The first-order chi connectivity index (χ1) is 7.00. The summed E-state index contributed by atoms with van der Waals surface area (Å²) >= 11 is 0. The Bertz CT molecular complexity index is 276. The Morgan fingerprint density at radius 1 is 1.33 bits per heavy atom. The van der Waals surface area contributed by atoms with Crippen LogP contribution < -0.4 is 0 Å². The van der Waals surface area contributed by atoms with Crippen molar-refractivity contribution in [1.29, 1.82) is 0 Å². The van der Waals surface area contributed by atoms with Gasteiger partial charge in [0.25, 0.3) is 0 Å². The first-order valence-electron chi connectivity index (χ1n) is 5.87. The fourth-order valence-corrected chi connectivity index (χ4v) is 1.69. The minimum Gasteiger partial charge on any atom is -0.293 e. The molecule has 0 amide bonds. The summed E-state index contributed by atoms with van der Waals surface area (Å²) in [5, 5.41) is 0. The van der Waals surface area contributed by atoms with Gasteiger partial charge < -0.3 is 0 Å². The van der Waals surface area contributed by atoms with Gasteiger partial charge in [0, 0.05) is 0 Å². The van der Waals surface area contributed by atoms with Crippen molar-refractivity contribution >= 4 is 6.21 Å². The predicted octanol–water partition coefficient (Wildman–Crippen LogP) is 4.02. The lowest BCUT2D eigenvalue weighted by molar-refractivity contribution is 0.506. The molecular weight excluding hydrogens is 182 g/mol. The molecule has 0 saturated heterocycles. The fraction of sp³-hybridized carbons (Fsp3) is 0.643. The van der Waals surface area contributed by atoms with Gasteiger partial charge in [-0.1, -0.05) is 45.9 Å². The second-order valence-electron chi connectivity index (χ2n) is 5.38. The van der Waals surface area contributed by atoms with Gasteiger partial charge in [-0.3, -0.25) is 4.99 Å². The van der Waals surface area contributed by atoms with E-state index in [1.54, 1.807) is 0 Å². The molecule has 0 radical (unpaired) electrons. The molecule has 1 heterocycles. The molecule has 0 aromatic carbocycles. The Morgan fingerprint density at radius 3 is 2.73 bits per heavy atom. The first-order valence-corrected chi connectivity index (χ1v) is 5.87. The highest BCUT2D eigenvalue weighted by Gasteiger charge is 2.15. The molecule has 1 unspecified atom stereocenters. The number of hydrogen-bond acceptors (Lipinski definition) is 1. The lowest BCUT2D eigenvalue weighted by Crippen LogP contribution is -2.09. The highest BCUT2D eigenvalue weighted by atomic mass is 14.7. The van der Waals surface area contributed by atoms with E-state index >= 15 is 0 Å². The Kier molecular flexibility index (Phi) is 4.31. The zero-order chi connectivity index (χ0) is 11.3. The summed E-state index contributed by atoms with van der Waals surface area (Å²) in [4.78, 5) is 4.34. The summed E-state index contributed by atoms with van der Waals surface area (Å²) in [6, 6.07) is 0. The average molecular weight is 205 g/mol. The highest BCUT2D eigenvalue weighted by Crippen LogP contribution is 2.28. The van der Waals surface area contributed by atoms with Crippen LogP contribution in [-0.4, -0.2) is 12.8 Å². The van der Waals surface area contributed by atoms with E-state index in [1.165, 1.54) is 12.0 Å². The molecular formula is C14H23N. The molecule has 84 valence electrons. The van der Waals surface area contributed by atoms with E-state index in [1.807, 2.05) is 0 Å². The fourth-order valence-electron chi connectivity index (χ4n) is 1.69. The van der Waals surface area contributed by atoms with Crippen molar-refractivity contribution < 1.29 is 0 Å². The third-order valence-electron chi connectivity index (χ3n) is 2.72. The Hall–Kier alpha value is -0.850. The van der Waals surface area contributed by atoms with Gasteiger partial charge in [0.05, 0.1) is 6.54 Å². The lowest BCUT2D eigenvalue weighted by Gasteiger charge is -2.22. The molecule has 1 heteroatoms. The molecule has 1 rings (SSSR count). The zero-order valence-electron chi connectivity index (χ0n) is 10.5. The van der Waals surface area contributed by atoms with Gasteiger partial charge in [0.1, 0.15) is 0 Å². The largest absolute Gasteiger partial charge is 0.293 e.